The predicted molar refractivity (Wildman–Crippen MR) is 112 cm³/mol. The monoisotopic (exact) mass is 382 g/mol. The maximum Gasteiger partial charge on any atom is 0.226 e. The molecule has 0 aliphatic carbocycles. The fourth-order valence-corrected chi connectivity index (χ4v) is 3.07. The van der Waals surface area contributed by atoms with Gasteiger partial charge < -0.3 is 25.6 Å². The van der Waals surface area contributed by atoms with E-state index in [2.05, 4.69) is 20.9 Å². The van der Waals surface area contributed by atoms with E-state index in [0.29, 0.717) is 26.2 Å². The molecule has 1 aliphatic heterocycles. The number of carbonyl (C=O) groups is 2. The van der Waals surface area contributed by atoms with Crippen LogP contribution in [0.15, 0.2) is 48.5 Å². The summed E-state index contributed by atoms with van der Waals surface area (Å²) in [7, 11) is 0. The Kier molecular flexibility index (Phi) is 6.86. The van der Waals surface area contributed by atoms with Crippen LogP contribution < -0.4 is 20.9 Å². The van der Waals surface area contributed by atoms with Crippen LogP contribution in [0.3, 0.4) is 0 Å². The van der Waals surface area contributed by atoms with E-state index >= 15 is 0 Å². The van der Waals surface area contributed by atoms with Crippen LogP contribution in [0.4, 0.5) is 22.7 Å². The van der Waals surface area contributed by atoms with Crippen LogP contribution in [0.25, 0.3) is 0 Å². The van der Waals surface area contributed by atoms with Gasteiger partial charge in [0.25, 0.3) is 0 Å². The molecule has 2 aromatic rings. The molecule has 3 rings (SSSR count). The smallest absolute Gasteiger partial charge is 0.226 e. The molecular formula is C21H26N4O3. The van der Waals surface area contributed by atoms with Crippen LogP contribution in [0, 0.1) is 0 Å². The zero-order valence-corrected chi connectivity index (χ0v) is 16.0. The number of hydrogen-bond donors (Lipinski definition) is 3. The molecule has 0 saturated carbocycles. The summed E-state index contributed by atoms with van der Waals surface area (Å²) in [6, 6.07) is 15.2. The van der Waals surface area contributed by atoms with E-state index in [-0.39, 0.29) is 11.8 Å². The van der Waals surface area contributed by atoms with Crippen molar-refractivity contribution in [3.63, 3.8) is 0 Å². The van der Waals surface area contributed by atoms with Crippen molar-refractivity contribution in [2.45, 2.75) is 13.3 Å². The van der Waals surface area contributed by atoms with Gasteiger partial charge in [0.1, 0.15) is 0 Å². The molecule has 0 radical (unpaired) electrons. The first-order valence-corrected chi connectivity index (χ1v) is 9.45. The van der Waals surface area contributed by atoms with E-state index in [1.54, 1.807) is 0 Å². The molecule has 1 heterocycles. The van der Waals surface area contributed by atoms with Gasteiger partial charge in [0.15, 0.2) is 0 Å². The van der Waals surface area contributed by atoms with Crippen molar-refractivity contribution >= 4 is 34.6 Å². The Balaban J connectivity index is 1.49. The number of morpholine rings is 1. The molecule has 7 heteroatoms. The van der Waals surface area contributed by atoms with E-state index < -0.39 is 0 Å². The molecule has 0 bridgehead atoms. The van der Waals surface area contributed by atoms with Gasteiger partial charge in [0.05, 0.1) is 24.6 Å². The number of nitrogens with zero attached hydrogens (tertiary/aromatic N) is 1. The van der Waals surface area contributed by atoms with Crippen LogP contribution in [-0.4, -0.2) is 44.7 Å². The maximum atomic E-state index is 12.4. The van der Waals surface area contributed by atoms with E-state index in [1.165, 1.54) is 6.92 Å². The average Bonchev–Trinajstić information content (AvgIpc) is 2.70. The molecule has 1 aliphatic rings. The summed E-state index contributed by atoms with van der Waals surface area (Å²) in [6.07, 6.45) is 0.352. The van der Waals surface area contributed by atoms with Gasteiger partial charge in [-0.15, -0.1) is 0 Å². The number of hydrogen-bond acceptors (Lipinski definition) is 5. The number of anilines is 4. The lowest BCUT2D eigenvalue weighted by Crippen LogP contribution is -2.36. The zero-order chi connectivity index (χ0) is 19.8. The highest BCUT2D eigenvalue weighted by atomic mass is 16.5. The summed E-state index contributed by atoms with van der Waals surface area (Å²) in [4.78, 5) is 25.6. The van der Waals surface area contributed by atoms with Crippen molar-refractivity contribution in [3.05, 3.63) is 48.5 Å². The molecule has 28 heavy (non-hydrogen) atoms. The molecule has 1 saturated heterocycles. The summed E-state index contributed by atoms with van der Waals surface area (Å²) in [5, 5.41) is 8.96. The normalized spacial score (nSPS) is 13.7. The fraction of sp³-hybridized carbons (Fsp3) is 0.333. The van der Waals surface area contributed by atoms with E-state index in [0.717, 1.165) is 35.8 Å². The van der Waals surface area contributed by atoms with Gasteiger partial charge in [0.2, 0.25) is 11.8 Å². The third kappa shape index (κ3) is 5.72. The molecule has 0 spiro atoms. The number of nitrogens with one attached hydrogen (secondary N) is 3. The molecule has 1 fully saturated rings. The number of rotatable bonds is 7. The van der Waals surface area contributed by atoms with Gasteiger partial charge in [-0.2, -0.15) is 0 Å². The fourth-order valence-electron chi connectivity index (χ4n) is 3.07. The number of ether oxygens (including phenoxy) is 1. The summed E-state index contributed by atoms with van der Waals surface area (Å²) in [5.74, 6) is -0.141. The molecule has 7 nitrogen and oxygen atoms in total. The Labute approximate surface area is 165 Å². The predicted octanol–water partition coefficient (Wildman–Crippen LogP) is 2.92. The maximum absolute atomic E-state index is 12.4. The van der Waals surface area contributed by atoms with Crippen LogP contribution >= 0.6 is 0 Å². The van der Waals surface area contributed by atoms with Crippen LogP contribution in [-0.2, 0) is 14.3 Å². The highest BCUT2D eigenvalue weighted by Gasteiger charge is 2.15. The Morgan fingerprint density at radius 2 is 1.64 bits per heavy atom. The topological polar surface area (TPSA) is 82.7 Å². The van der Waals surface area contributed by atoms with Crippen LogP contribution in [0.1, 0.15) is 13.3 Å². The summed E-state index contributed by atoms with van der Waals surface area (Å²) < 4.78 is 5.41. The third-order valence-corrected chi connectivity index (χ3v) is 4.42. The van der Waals surface area contributed by atoms with E-state index in [1.807, 2.05) is 48.5 Å². The van der Waals surface area contributed by atoms with Crippen molar-refractivity contribution in [1.82, 2.24) is 0 Å². The van der Waals surface area contributed by atoms with Gasteiger partial charge in [-0.05, 0) is 36.4 Å². The first-order valence-electron chi connectivity index (χ1n) is 9.45. The summed E-state index contributed by atoms with van der Waals surface area (Å²) in [5.41, 5.74) is 3.50. The Morgan fingerprint density at radius 1 is 0.964 bits per heavy atom. The van der Waals surface area contributed by atoms with Gasteiger partial charge in [-0.3, -0.25) is 9.59 Å². The molecule has 3 N–H and O–H groups in total. The van der Waals surface area contributed by atoms with Gasteiger partial charge >= 0.3 is 0 Å². The molecule has 2 amide bonds. The second-order valence-electron chi connectivity index (χ2n) is 6.60. The second-order valence-corrected chi connectivity index (χ2v) is 6.60. The molecular weight excluding hydrogens is 356 g/mol. The third-order valence-electron chi connectivity index (χ3n) is 4.42. The Hall–Kier alpha value is -3.06. The van der Waals surface area contributed by atoms with Crippen molar-refractivity contribution < 1.29 is 14.3 Å². The molecule has 0 aromatic heterocycles. The Morgan fingerprint density at radius 3 is 2.36 bits per heavy atom. The minimum Gasteiger partial charge on any atom is -0.385 e. The molecule has 2 aromatic carbocycles. The quantitative estimate of drug-likeness (QED) is 0.686. The average molecular weight is 382 g/mol. The highest BCUT2D eigenvalue weighted by Crippen LogP contribution is 2.26. The SMILES string of the molecule is CC(=O)Nc1ccc(NCCC(=O)Nc2ccccc2N2CCOCC2)cc1. The minimum absolute atomic E-state index is 0.0388. The van der Waals surface area contributed by atoms with E-state index in [9.17, 15) is 9.59 Å². The Bertz CT molecular complexity index is 802. The van der Waals surface area contributed by atoms with Gasteiger partial charge in [-0.25, -0.2) is 0 Å². The van der Waals surface area contributed by atoms with Crippen molar-refractivity contribution in [2.75, 3.05) is 53.7 Å². The molecule has 0 unspecified atom stereocenters. The lowest BCUT2D eigenvalue weighted by atomic mass is 10.2. The van der Waals surface area contributed by atoms with Crippen LogP contribution in [0.5, 0.6) is 0 Å². The minimum atomic E-state index is -0.102. The highest BCUT2D eigenvalue weighted by molar-refractivity contribution is 5.94. The number of para-hydroxylation sites is 2. The van der Waals surface area contributed by atoms with Gasteiger partial charge in [0, 0.05) is 44.4 Å². The van der Waals surface area contributed by atoms with Crippen molar-refractivity contribution in [3.8, 4) is 0 Å². The largest absolute Gasteiger partial charge is 0.385 e. The lowest BCUT2D eigenvalue weighted by molar-refractivity contribution is -0.116. The standard InChI is InChI=1S/C21H26N4O3/c1-16(26)23-18-8-6-17(7-9-18)22-11-10-21(27)24-19-4-2-3-5-20(19)25-12-14-28-15-13-25/h2-9,22H,10-15H2,1H3,(H,23,26)(H,24,27). The summed E-state index contributed by atoms with van der Waals surface area (Å²) in [6.45, 7) is 5.04. The van der Waals surface area contributed by atoms with E-state index in [4.69, 9.17) is 4.74 Å². The second kappa shape index (κ2) is 9.75. The number of benzene rings is 2. The summed E-state index contributed by atoms with van der Waals surface area (Å²) >= 11 is 0. The molecule has 148 valence electrons. The van der Waals surface area contributed by atoms with Crippen molar-refractivity contribution in [2.24, 2.45) is 0 Å². The van der Waals surface area contributed by atoms with Crippen LogP contribution in [0.2, 0.25) is 0 Å². The molecule has 0 atom stereocenters. The number of carbonyl (C=O) groups excluding carboxylic acids is 2. The van der Waals surface area contributed by atoms with Crippen molar-refractivity contribution in [1.29, 1.82) is 0 Å². The van der Waals surface area contributed by atoms with Gasteiger partial charge in [-0.1, -0.05) is 12.1 Å². The first kappa shape index (κ1) is 19.7. The first-order chi connectivity index (χ1) is 13.6. The lowest BCUT2D eigenvalue weighted by Gasteiger charge is -2.30. The number of amides is 2. The zero-order valence-electron chi connectivity index (χ0n) is 16.0.